The van der Waals surface area contributed by atoms with Crippen LogP contribution in [0.25, 0.3) is 0 Å². The third-order valence-electron chi connectivity index (χ3n) is 0. The second-order valence-corrected chi connectivity index (χ2v) is 0.250. The van der Waals surface area contributed by atoms with Crippen molar-refractivity contribution in [3.05, 3.63) is 0 Å². The molecule has 0 aliphatic carbocycles. The normalized spacial score (nSPS) is 4.80. The molecule has 0 fully saturated rings. The molecule has 5 heavy (non-hydrogen) atoms. The van der Waals surface area contributed by atoms with E-state index in [9.17, 15) is 0 Å². The monoisotopic (exact) mass is 86.0 g/mol. The molecule has 0 rings (SSSR count). The fourth-order valence-electron chi connectivity index (χ4n) is 0. The molecule has 0 saturated carbocycles. The Morgan fingerprint density at radius 3 is 1.80 bits per heavy atom. The van der Waals surface area contributed by atoms with Crippen LogP contribution in [0.4, 0.5) is 4.79 Å². The standard InChI is InChI=1S/CH2O3.Na.H/c2-1(3)4;;/h(H2,2,3,4);;/q;+1;-1. The van der Waals surface area contributed by atoms with Gasteiger partial charge in [0.05, 0.1) is 0 Å². The first-order valence-corrected chi connectivity index (χ1v) is 0.612. The molecule has 0 bridgehead atoms. The van der Waals surface area contributed by atoms with E-state index in [2.05, 4.69) is 0 Å². The van der Waals surface area contributed by atoms with Crippen molar-refractivity contribution in [3.63, 3.8) is 0 Å². The molecule has 0 aliphatic heterocycles. The molecule has 0 aromatic rings. The summed E-state index contributed by atoms with van der Waals surface area (Å²) in [7, 11) is 0. The summed E-state index contributed by atoms with van der Waals surface area (Å²) < 4.78 is 0. The van der Waals surface area contributed by atoms with E-state index in [1.165, 1.54) is 0 Å². The smallest absolute Gasteiger partial charge is 1.00 e. The fourth-order valence-corrected chi connectivity index (χ4v) is 0. The number of carbonyl (C=O) groups is 1. The van der Waals surface area contributed by atoms with Crippen LogP contribution >= 0.6 is 0 Å². The number of carboxylic acid groups (broad SMARTS) is 2. The Labute approximate surface area is 55.4 Å². The van der Waals surface area contributed by atoms with E-state index < -0.39 is 6.16 Å². The summed E-state index contributed by atoms with van der Waals surface area (Å²) in [5.74, 6) is 0. The molecule has 0 heterocycles. The number of carbonyl (C=O) groups excluding carboxylic acids is 1. The van der Waals surface area contributed by atoms with E-state index in [1.54, 1.807) is 0 Å². The summed E-state index contributed by atoms with van der Waals surface area (Å²) in [6, 6.07) is 0. The first-order valence-electron chi connectivity index (χ1n) is 0.612. The summed E-state index contributed by atoms with van der Waals surface area (Å²) in [6.07, 6.45) is -2.33. The van der Waals surface area contributed by atoms with Crippen molar-refractivity contribution >= 4 is 6.16 Å². The van der Waals surface area contributed by atoms with Gasteiger partial charge in [-0.25, -0.2) is 0 Å². The second kappa shape index (κ2) is 4.27. The molecule has 0 N–H and O–H groups in total. The molecule has 0 radical (unpaired) electrons. The van der Waals surface area contributed by atoms with Crippen LogP contribution in [0.3, 0.4) is 0 Å². The predicted octanol–water partition coefficient (Wildman–Crippen LogP) is -5.11. The van der Waals surface area contributed by atoms with Crippen molar-refractivity contribution < 1.29 is 48.8 Å². The Kier molecular flexibility index (Phi) is 7.67. The van der Waals surface area contributed by atoms with Crippen LogP contribution in [-0.2, 0) is 0 Å². The van der Waals surface area contributed by atoms with Gasteiger partial charge in [-0.3, -0.25) is 0 Å². The quantitative estimate of drug-likeness (QED) is 0.277. The minimum atomic E-state index is -2.33. The maximum absolute atomic E-state index is 8.33. The van der Waals surface area contributed by atoms with E-state index in [0.29, 0.717) is 0 Å². The van der Waals surface area contributed by atoms with E-state index in [0.717, 1.165) is 0 Å². The maximum Gasteiger partial charge on any atom is 1.00 e. The number of hydrogen-bond donors (Lipinski definition) is 0. The third kappa shape index (κ3) is 302. The van der Waals surface area contributed by atoms with Gasteiger partial charge in [-0.2, -0.15) is 0 Å². The summed E-state index contributed by atoms with van der Waals surface area (Å²) in [5, 5.41) is 16.7. The molecule has 26 valence electrons. The van der Waals surface area contributed by atoms with Crippen LogP contribution in [0.2, 0.25) is 0 Å². The minimum Gasteiger partial charge on any atom is -1.00 e. The predicted molar refractivity (Wildman–Crippen MR) is 8.73 cm³/mol. The van der Waals surface area contributed by atoms with Crippen molar-refractivity contribution in [3.8, 4) is 0 Å². The van der Waals surface area contributed by atoms with Gasteiger partial charge in [0.2, 0.25) is 0 Å². The topological polar surface area (TPSA) is 63.2 Å². The zero-order valence-corrected chi connectivity index (χ0v) is 4.72. The van der Waals surface area contributed by atoms with Crippen molar-refractivity contribution in [1.29, 1.82) is 0 Å². The van der Waals surface area contributed by atoms with E-state index in [1.807, 2.05) is 0 Å². The van der Waals surface area contributed by atoms with Gasteiger partial charge in [-0.05, 0) is 6.16 Å². The molecule has 0 spiro atoms. The van der Waals surface area contributed by atoms with Crippen LogP contribution in [0, 0.1) is 0 Å². The van der Waals surface area contributed by atoms with Gasteiger partial charge in [-0.15, -0.1) is 0 Å². The van der Waals surface area contributed by atoms with Crippen molar-refractivity contribution in [2.75, 3.05) is 0 Å². The molecule has 3 nitrogen and oxygen atoms in total. The van der Waals surface area contributed by atoms with Crippen LogP contribution < -0.4 is 39.8 Å². The van der Waals surface area contributed by atoms with Gasteiger partial charge < -0.3 is 16.4 Å². The van der Waals surface area contributed by atoms with Crippen LogP contribution in [-0.4, -0.2) is 6.16 Å². The molecular formula is CH3NaO3. The Bertz CT molecular complexity index is 37.5. The van der Waals surface area contributed by atoms with Crippen LogP contribution in [0.5, 0.6) is 0 Å². The van der Waals surface area contributed by atoms with Gasteiger partial charge in [0.15, 0.2) is 0 Å². The summed E-state index contributed by atoms with van der Waals surface area (Å²) in [5.41, 5.74) is 0. The number of rotatable bonds is 0. The molecule has 0 atom stereocenters. The summed E-state index contributed by atoms with van der Waals surface area (Å²) in [4.78, 5) is 8.33. The first-order chi connectivity index (χ1) is 1.73. The van der Waals surface area contributed by atoms with Gasteiger partial charge in [0.25, 0.3) is 0 Å². The Morgan fingerprint density at radius 2 is 1.80 bits per heavy atom. The van der Waals surface area contributed by atoms with E-state index in [-0.39, 0.29) is 33.8 Å². The molecule has 0 aromatic carbocycles. The fraction of sp³-hybridized carbons (Fsp3) is 0. The van der Waals surface area contributed by atoms with Gasteiger partial charge >= 0.3 is 32.4 Å². The zero-order chi connectivity index (χ0) is 3.58. The SMILES string of the molecule is O=C([O-])[O-].[H+].[H+].[H-].[Na+]. The molecule has 0 aromatic heterocycles. The molecular weight excluding hydrogens is 83.0 g/mol. The third-order valence-corrected chi connectivity index (χ3v) is 0. The number of hydrogen-bond acceptors (Lipinski definition) is 3. The minimum absolute atomic E-state index is 0. The summed E-state index contributed by atoms with van der Waals surface area (Å²) >= 11 is 0. The molecule has 0 amide bonds. The average molecular weight is 86.0 g/mol. The van der Waals surface area contributed by atoms with Gasteiger partial charge in [-0.1, -0.05) is 0 Å². The Balaban J connectivity index is -0.00000000750. The largest absolute Gasteiger partial charge is 1.00 e. The Morgan fingerprint density at radius 1 is 1.80 bits per heavy atom. The summed E-state index contributed by atoms with van der Waals surface area (Å²) in [6.45, 7) is 0. The zero-order valence-electron chi connectivity index (χ0n) is 5.72. The van der Waals surface area contributed by atoms with Crippen molar-refractivity contribution in [2.45, 2.75) is 0 Å². The van der Waals surface area contributed by atoms with Crippen molar-refractivity contribution in [2.24, 2.45) is 0 Å². The van der Waals surface area contributed by atoms with Crippen molar-refractivity contribution in [1.82, 2.24) is 0 Å². The van der Waals surface area contributed by atoms with Crippen LogP contribution in [0.1, 0.15) is 4.28 Å². The molecule has 4 heteroatoms. The molecule has 0 unspecified atom stereocenters. The van der Waals surface area contributed by atoms with Gasteiger partial charge in [0.1, 0.15) is 0 Å². The van der Waals surface area contributed by atoms with E-state index in [4.69, 9.17) is 15.0 Å². The second-order valence-electron chi connectivity index (χ2n) is 0.250. The molecule has 0 saturated heterocycles. The van der Waals surface area contributed by atoms with Gasteiger partial charge in [0, 0.05) is 0 Å². The van der Waals surface area contributed by atoms with E-state index >= 15 is 0 Å². The first kappa shape index (κ1) is 8.99. The van der Waals surface area contributed by atoms with Crippen LogP contribution in [0.15, 0.2) is 0 Å². The average Bonchev–Trinajstić information content (AvgIpc) is 0.811. The maximum atomic E-state index is 8.33. The Hall–Kier alpha value is 0.270. The molecule has 0 aliphatic rings.